The number of aromatic nitrogens is 3. The number of ether oxygens (including phenoxy) is 3. The highest BCUT2D eigenvalue weighted by atomic mass is 16.6. The van der Waals surface area contributed by atoms with Gasteiger partial charge in [-0.3, -0.25) is 14.2 Å². The number of methoxy groups -OCH3 is 2. The van der Waals surface area contributed by atoms with Crippen LogP contribution in [0, 0.1) is 0 Å². The summed E-state index contributed by atoms with van der Waals surface area (Å²) in [5.74, 6) is 0.903. The summed E-state index contributed by atoms with van der Waals surface area (Å²) in [5, 5.41) is 0.414. The van der Waals surface area contributed by atoms with E-state index < -0.39 is 12.1 Å². The average molecular weight is 437 g/mol. The maximum Gasteiger partial charge on any atom is 0.306 e. The molecule has 0 aliphatic heterocycles. The van der Waals surface area contributed by atoms with E-state index in [1.165, 1.54) is 25.1 Å². The molecule has 0 unspecified atom stereocenters. The number of rotatable bonds is 8. The number of carbonyl (C=O) groups is 1. The summed E-state index contributed by atoms with van der Waals surface area (Å²) in [6.07, 6.45) is 1.41. The van der Waals surface area contributed by atoms with Crippen molar-refractivity contribution >= 4 is 28.0 Å². The molecule has 0 fully saturated rings. The Labute approximate surface area is 183 Å². The molecule has 9 heteroatoms. The summed E-state index contributed by atoms with van der Waals surface area (Å²) in [7, 11) is 3.03. The van der Waals surface area contributed by atoms with Crippen LogP contribution in [-0.4, -0.2) is 34.7 Å². The maximum atomic E-state index is 12.8. The summed E-state index contributed by atoms with van der Waals surface area (Å²) in [6, 6.07) is 10.6. The molecule has 0 saturated carbocycles. The quantitative estimate of drug-likeness (QED) is 0.385. The number of para-hydroxylation sites is 2. The largest absolute Gasteiger partial charge is 0.493 e. The van der Waals surface area contributed by atoms with Crippen LogP contribution in [0.3, 0.4) is 0 Å². The molecule has 32 heavy (non-hydrogen) atoms. The molecule has 0 bridgehead atoms. The van der Waals surface area contributed by atoms with Gasteiger partial charge in [0, 0.05) is 19.0 Å². The highest BCUT2D eigenvalue weighted by Crippen LogP contribution is 2.29. The molecular weight excluding hydrogens is 414 g/mol. The zero-order valence-corrected chi connectivity index (χ0v) is 18.0. The second-order valence-corrected chi connectivity index (χ2v) is 7.22. The van der Waals surface area contributed by atoms with E-state index in [2.05, 4.69) is 9.97 Å². The van der Waals surface area contributed by atoms with Crippen molar-refractivity contribution in [1.82, 2.24) is 14.5 Å². The summed E-state index contributed by atoms with van der Waals surface area (Å²) in [6.45, 7) is 2.03. The molecule has 2 aromatic carbocycles. The Bertz CT molecular complexity index is 1290. The smallest absolute Gasteiger partial charge is 0.306 e. The van der Waals surface area contributed by atoms with Gasteiger partial charge in [0.05, 0.1) is 31.4 Å². The monoisotopic (exact) mass is 437 g/mol. The molecule has 0 N–H and O–H groups in total. The Morgan fingerprint density at radius 1 is 1.12 bits per heavy atom. The topological polar surface area (TPSA) is 106 Å². The van der Waals surface area contributed by atoms with Crippen molar-refractivity contribution in [2.45, 2.75) is 32.4 Å². The number of hydrogen-bond acceptors (Lipinski definition) is 8. The van der Waals surface area contributed by atoms with Gasteiger partial charge in [-0.05, 0) is 31.5 Å². The lowest BCUT2D eigenvalue weighted by atomic mass is 10.2. The van der Waals surface area contributed by atoms with Crippen LogP contribution in [0.25, 0.3) is 22.0 Å². The van der Waals surface area contributed by atoms with E-state index in [0.29, 0.717) is 52.4 Å². The third kappa shape index (κ3) is 4.27. The Morgan fingerprint density at radius 2 is 1.88 bits per heavy atom. The second-order valence-electron chi connectivity index (χ2n) is 7.22. The fourth-order valence-corrected chi connectivity index (χ4v) is 3.41. The minimum absolute atomic E-state index is 0.140. The Kier molecular flexibility index (Phi) is 6.07. The minimum Gasteiger partial charge on any atom is -0.493 e. The predicted molar refractivity (Wildman–Crippen MR) is 117 cm³/mol. The number of fused-ring (bicyclic) bond motifs is 2. The van der Waals surface area contributed by atoms with E-state index in [0.717, 1.165) is 0 Å². The van der Waals surface area contributed by atoms with Gasteiger partial charge in [0.25, 0.3) is 5.56 Å². The molecule has 0 aliphatic rings. The number of benzene rings is 2. The van der Waals surface area contributed by atoms with Gasteiger partial charge < -0.3 is 18.6 Å². The SMILES string of the molecule is COc1cc2ncn(CCCC(=O)O[C@@H](C)c3nc4ccccc4o3)c(=O)c2cc1OC. The first-order chi connectivity index (χ1) is 15.5. The normalized spacial score (nSPS) is 12.1. The summed E-state index contributed by atoms with van der Waals surface area (Å²) in [5.41, 5.74) is 1.64. The minimum atomic E-state index is -0.609. The molecular formula is C23H23N3O6. The van der Waals surface area contributed by atoms with E-state index in [1.54, 1.807) is 25.1 Å². The third-order valence-electron chi connectivity index (χ3n) is 5.08. The van der Waals surface area contributed by atoms with E-state index in [4.69, 9.17) is 18.6 Å². The Balaban J connectivity index is 1.38. The van der Waals surface area contributed by atoms with Gasteiger partial charge in [0.2, 0.25) is 5.89 Å². The molecule has 0 radical (unpaired) electrons. The molecule has 9 nitrogen and oxygen atoms in total. The van der Waals surface area contributed by atoms with Crippen LogP contribution >= 0.6 is 0 Å². The Hall–Kier alpha value is -3.88. The molecule has 2 aromatic heterocycles. The highest BCUT2D eigenvalue weighted by molar-refractivity contribution is 5.81. The van der Waals surface area contributed by atoms with Crippen LogP contribution in [0.4, 0.5) is 0 Å². The van der Waals surface area contributed by atoms with Crippen LogP contribution in [0.2, 0.25) is 0 Å². The van der Waals surface area contributed by atoms with Gasteiger partial charge in [-0.25, -0.2) is 9.97 Å². The van der Waals surface area contributed by atoms with Crippen molar-refractivity contribution < 1.29 is 23.4 Å². The first-order valence-electron chi connectivity index (χ1n) is 10.2. The molecule has 0 spiro atoms. The number of aryl methyl sites for hydroxylation is 1. The van der Waals surface area contributed by atoms with Gasteiger partial charge in [0.15, 0.2) is 23.2 Å². The lowest BCUT2D eigenvalue weighted by molar-refractivity contribution is -0.149. The first kappa shape index (κ1) is 21.4. The Morgan fingerprint density at radius 3 is 2.62 bits per heavy atom. The number of nitrogens with zero attached hydrogens (tertiary/aromatic N) is 3. The highest BCUT2D eigenvalue weighted by Gasteiger charge is 2.18. The molecule has 2 heterocycles. The van der Waals surface area contributed by atoms with Gasteiger partial charge in [-0.1, -0.05) is 12.1 Å². The van der Waals surface area contributed by atoms with Crippen molar-refractivity contribution in [1.29, 1.82) is 0 Å². The van der Waals surface area contributed by atoms with E-state index in [9.17, 15) is 9.59 Å². The molecule has 0 amide bonds. The fraction of sp³-hybridized carbons (Fsp3) is 0.304. The lowest BCUT2D eigenvalue weighted by Crippen LogP contribution is -2.21. The van der Waals surface area contributed by atoms with Crippen molar-refractivity contribution in [2.24, 2.45) is 0 Å². The summed E-state index contributed by atoms with van der Waals surface area (Å²) >= 11 is 0. The van der Waals surface area contributed by atoms with E-state index in [-0.39, 0.29) is 12.0 Å². The summed E-state index contributed by atoms with van der Waals surface area (Å²) < 4.78 is 23.1. The molecule has 166 valence electrons. The molecule has 0 saturated heterocycles. The standard InChI is InChI=1S/C23H23N3O6/c1-14(22-25-16-7-4-5-8-18(16)32-22)31-21(27)9-6-10-26-13-24-17-12-20(30-3)19(29-2)11-15(17)23(26)28/h4-5,7-8,11-14H,6,9-10H2,1-3H3/t14-/m0/s1. The van der Waals surface area contributed by atoms with Crippen molar-refractivity contribution in [2.75, 3.05) is 14.2 Å². The van der Waals surface area contributed by atoms with Crippen LogP contribution in [0.5, 0.6) is 11.5 Å². The van der Waals surface area contributed by atoms with E-state index >= 15 is 0 Å². The fourth-order valence-electron chi connectivity index (χ4n) is 3.41. The third-order valence-corrected chi connectivity index (χ3v) is 5.08. The first-order valence-corrected chi connectivity index (χ1v) is 10.2. The van der Waals surface area contributed by atoms with Crippen molar-refractivity contribution in [3.63, 3.8) is 0 Å². The number of oxazole rings is 1. The van der Waals surface area contributed by atoms with Crippen LogP contribution in [-0.2, 0) is 16.1 Å². The number of hydrogen-bond donors (Lipinski definition) is 0. The lowest BCUT2D eigenvalue weighted by Gasteiger charge is -2.11. The second kappa shape index (κ2) is 9.09. The van der Waals surface area contributed by atoms with Gasteiger partial charge in [0.1, 0.15) is 5.52 Å². The van der Waals surface area contributed by atoms with Gasteiger partial charge in [-0.15, -0.1) is 0 Å². The van der Waals surface area contributed by atoms with Gasteiger partial charge in [-0.2, -0.15) is 0 Å². The molecule has 4 aromatic rings. The van der Waals surface area contributed by atoms with Crippen LogP contribution < -0.4 is 15.0 Å². The molecule has 1 atom stereocenters. The van der Waals surface area contributed by atoms with Crippen molar-refractivity contribution in [3.05, 3.63) is 59.0 Å². The average Bonchev–Trinajstić information content (AvgIpc) is 3.24. The molecule has 4 rings (SSSR count). The zero-order valence-electron chi connectivity index (χ0n) is 18.0. The predicted octanol–water partition coefficient (Wildman–Crippen LogP) is 3.64. The van der Waals surface area contributed by atoms with Crippen molar-refractivity contribution in [3.8, 4) is 11.5 Å². The van der Waals surface area contributed by atoms with Crippen LogP contribution in [0.1, 0.15) is 31.8 Å². The number of esters is 1. The van der Waals surface area contributed by atoms with Gasteiger partial charge >= 0.3 is 5.97 Å². The maximum absolute atomic E-state index is 12.8. The van der Waals surface area contributed by atoms with Crippen LogP contribution in [0.15, 0.2) is 51.9 Å². The number of carbonyl (C=O) groups excluding carboxylic acids is 1. The molecule has 0 aliphatic carbocycles. The van der Waals surface area contributed by atoms with E-state index in [1.807, 2.05) is 18.2 Å². The zero-order chi connectivity index (χ0) is 22.7. The summed E-state index contributed by atoms with van der Waals surface area (Å²) in [4.78, 5) is 33.7.